The minimum absolute atomic E-state index is 0. The van der Waals surface area contributed by atoms with E-state index in [1.807, 2.05) is 6.07 Å². The highest BCUT2D eigenvalue weighted by atomic mass is 35.5. The summed E-state index contributed by atoms with van der Waals surface area (Å²) in [5.41, 5.74) is 2.39. The number of rotatable bonds is 7. The van der Waals surface area contributed by atoms with Gasteiger partial charge in [-0.05, 0) is 62.9 Å². The van der Waals surface area contributed by atoms with Crippen molar-refractivity contribution in [3.63, 3.8) is 0 Å². The topological polar surface area (TPSA) is 43.8 Å². The predicted octanol–water partition coefficient (Wildman–Crippen LogP) is 3.85. The van der Waals surface area contributed by atoms with Crippen LogP contribution in [0.2, 0.25) is 0 Å². The largest absolute Gasteiger partial charge is 0.480 e. The van der Waals surface area contributed by atoms with E-state index >= 15 is 0 Å². The van der Waals surface area contributed by atoms with Crippen molar-refractivity contribution >= 4 is 24.1 Å². The van der Waals surface area contributed by atoms with Gasteiger partial charge in [0.1, 0.15) is 6.04 Å². The first kappa shape index (κ1) is 20.8. The van der Waals surface area contributed by atoms with Gasteiger partial charge < -0.3 is 14.9 Å². The standard InChI is InChI=1S/C19H30N2O2.ClH/c1-5-17(14(2)13-20(3)4)15-8-6-9-16(12-15)21-11-7-10-18(21)19(22)23;/h6,8-9,12,14,17-18H,5,7,10-11,13H2,1-4H3,(H,22,23);1H/t14-,17+,18?;/m0./s1. The molecule has 1 saturated heterocycles. The maximum absolute atomic E-state index is 11.4. The molecule has 1 unspecified atom stereocenters. The van der Waals surface area contributed by atoms with Crippen LogP contribution in [0, 0.1) is 5.92 Å². The van der Waals surface area contributed by atoms with Crippen molar-refractivity contribution in [1.29, 1.82) is 0 Å². The Hall–Kier alpha value is -1.26. The first-order valence-corrected chi connectivity index (χ1v) is 8.68. The van der Waals surface area contributed by atoms with Gasteiger partial charge in [0.05, 0.1) is 0 Å². The van der Waals surface area contributed by atoms with Gasteiger partial charge >= 0.3 is 5.97 Å². The quantitative estimate of drug-likeness (QED) is 0.807. The van der Waals surface area contributed by atoms with Crippen LogP contribution in [0.25, 0.3) is 0 Å². The molecule has 4 nitrogen and oxygen atoms in total. The van der Waals surface area contributed by atoms with E-state index in [0.29, 0.717) is 11.8 Å². The number of aliphatic carboxylic acids is 1. The highest BCUT2D eigenvalue weighted by Crippen LogP contribution is 2.33. The van der Waals surface area contributed by atoms with Gasteiger partial charge in [-0.25, -0.2) is 4.79 Å². The van der Waals surface area contributed by atoms with Gasteiger partial charge in [0, 0.05) is 18.8 Å². The third-order valence-corrected chi connectivity index (χ3v) is 4.95. The number of carboxylic acids is 1. The van der Waals surface area contributed by atoms with E-state index in [9.17, 15) is 9.90 Å². The molecule has 1 fully saturated rings. The fraction of sp³-hybridized carbons (Fsp3) is 0.632. The molecule has 136 valence electrons. The summed E-state index contributed by atoms with van der Waals surface area (Å²) in [6.45, 7) is 6.44. The molecule has 0 saturated carbocycles. The molecule has 1 aromatic rings. The minimum Gasteiger partial charge on any atom is -0.480 e. The van der Waals surface area contributed by atoms with Crippen molar-refractivity contribution in [2.45, 2.75) is 45.1 Å². The van der Waals surface area contributed by atoms with Crippen LogP contribution in [0.5, 0.6) is 0 Å². The number of carboxylic acid groups (broad SMARTS) is 1. The average Bonchev–Trinajstić information content (AvgIpc) is 2.97. The third-order valence-electron chi connectivity index (χ3n) is 4.95. The van der Waals surface area contributed by atoms with Crippen molar-refractivity contribution < 1.29 is 9.90 Å². The molecular formula is C19H31ClN2O2. The Balaban J connectivity index is 0.00000288. The Labute approximate surface area is 152 Å². The molecule has 0 amide bonds. The Morgan fingerprint density at radius 2 is 2.12 bits per heavy atom. The van der Waals surface area contributed by atoms with Crippen LogP contribution < -0.4 is 4.90 Å². The Morgan fingerprint density at radius 1 is 1.42 bits per heavy atom. The summed E-state index contributed by atoms with van der Waals surface area (Å²) in [4.78, 5) is 15.7. The zero-order valence-electron chi connectivity index (χ0n) is 15.2. The lowest BCUT2D eigenvalue weighted by Crippen LogP contribution is -2.36. The Bertz CT molecular complexity index is 536. The molecule has 1 aromatic carbocycles. The molecule has 2 rings (SSSR count). The van der Waals surface area contributed by atoms with Crippen LogP contribution in [0.15, 0.2) is 24.3 Å². The normalized spacial score (nSPS) is 19.9. The first-order chi connectivity index (χ1) is 10.9. The van der Waals surface area contributed by atoms with Crippen molar-refractivity contribution in [3.8, 4) is 0 Å². The average molecular weight is 355 g/mol. The second-order valence-electron chi connectivity index (χ2n) is 7.04. The predicted molar refractivity (Wildman–Crippen MR) is 102 cm³/mol. The maximum Gasteiger partial charge on any atom is 0.326 e. The molecular weight excluding hydrogens is 324 g/mol. The number of carbonyl (C=O) groups is 1. The van der Waals surface area contributed by atoms with E-state index in [0.717, 1.165) is 38.0 Å². The molecule has 5 heteroatoms. The highest BCUT2D eigenvalue weighted by molar-refractivity contribution is 5.85. The SMILES string of the molecule is CC[C@@H](c1cccc(N2CCCC2C(=O)O)c1)[C@@H](C)CN(C)C.Cl. The van der Waals surface area contributed by atoms with Gasteiger partial charge in [-0.3, -0.25) is 0 Å². The number of benzene rings is 1. The summed E-state index contributed by atoms with van der Waals surface area (Å²) in [7, 11) is 4.22. The molecule has 1 aliphatic rings. The molecule has 0 aromatic heterocycles. The monoisotopic (exact) mass is 354 g/mol. The van der Waals surface area contributed by atoms with Gasteiger partial charge in [0.2, 0.25) is 0 Å². The molecule has 1 N–H and O–H groups in total. The first-order valence-electron chi connectivity index (χ1n) is 8.68. The molecule has 1 heterocycles. The molecule has 24 heavy (non-hydrogen) atoms. The molecule has 0 radical (unpaired) electrons. The minimum atomic E-state index is -0.707. The van der Waals surface area contributed by atoms with E-state index in [-0.39, 0.29) is 18.4 Å². The number of halogens is 1. The van der Waals surface area contributed by atoms with Gasteiger partial charge in [0.15, 0.2) is 0 Å². The van der Waals surface area contributed by atoms with E-state index in [4.69, 9.17) is 0 Å². The van der Waals surface area contributed by atoms with Crippen molar-refractivity contribution in [2.24, 2.45) is 5.92 Å². The molecule has 3 atom stereocenters. The Kier molecular flexibility index (Phi) is 8.04. The van der Waals surface area contributed by atoms with Gasteiger partial charge in [-0.2, -0.15) is 0 Å². The molecule has 0 bridgehead atoms. The number of hydrogen-bond acceptors (Lipinski definition) is 3. The maximum atomic E-state index is 11.4. The van der Waals surface area contributed by atoms with Crippen molar-refractivity contribution in [2.75, 3.05) is 32.1 Å². The second kappa shape index (κ2) is 9.28. The summed E-state index contributed by atoms with van der Waals surface area (Å²) in [6, 6.07) is 8.16. The van der Waals surface area contributed by atoms with Crippen LogP contribution in [0.1, 0.15) is 44.6 Å². The fourth-order valence-corrected chi connectivity index (χ4v) is 3.94. The summed E-state index contributed by atoms with van der Waals surface area (Å²) < 4.78 is 0. The number of nitrogens with zero attached hydrogens (tertiary/aromatic N) is 2. The van der Waals surface area contributed by atoms with Crippen molar-refractivity contribution in [1.82, 2.24) is 4.90 Å². The summed E-state index contributed by atoms with van der Waals surface area (Å²) in [5.74, 6) is 0.364. The highest BCUT2D eigenvalue weighted by Gasteiger charge is 2.31. The lowest BCUT2D eigenvalue weighted by molar-refractivity contribution is -0.138. The summed E-state index contributed by atoms with van der Waals surface area (Å²) in [6.07, 6.45) is 2.80. The number of anilines is 1. The second-order valence-corrected chi connectivity index (χ2v) is 7.04. The van der Waals surface area contributed by atoms with E-state index in [1.165, 1.54) is 5.56 Å². The van der Waals surface area contributed by atoms with E-state index in [1.54, 1.807) is 0 Å². The lowest BCUT2D eigenvalue weighted by atomic mass is 9.84. The third kappa shape index (κ3) is 4.87. The molecule has 0 aliphatic carbocycles. The zero-order valence-corrected chi connectivity index (χ0v) is 16.1. The zero-order chi connectivity index (χ0) is 17.0. The van der Waals surface area contributed by atoms with Crippen LogP contribution in [0.4, 0.5) is 5.69 Å². The van der Waals surface area contributed by atoms with Gasteiger partial charge in [-0.15, -0.1) is 12.4 Å². The van der Waals surface area contributed by atoms with E-state index in [2.05, 4.69) is 55.9 Å². The summed E-state index contributed by atoms with van der Waals surface area (Å²) >= 11 is 0. The van der Waals surface area contributed by atoms with Gasteiger partial charge in [-0.1, -0.05) is 26.0 Å². The van der Waals surface area contributed by atoms with Gasteiger partial charge in [0.25, 0.3) is 0 Å². The van der Waals surface area contributed by atoms with Crippen LogP contribution >= 0.6 is 12.4 Å². The number of hydrogen-bond donors (Lipinski definition) is 1. The van der Waals surface area contributed by atoms with Crippen molar-refractivity contribution in [3.05, 3.63) is 29.8 Å². The van der Waals surface area contributed by atoms with Crippen LogP contribution in [-0.2, 0) is 4.79 Å². The molecule has 1 aliphatic heterocycles. The Morgan fingerprint density at radius 3 is 2.71 bits per heavy atom. The molecule has 0 spiro atoms. The fourth-order valence-electron chi connectivity index (χ4n) is 3.94. The lowest BCUT2D eigenvalue weighted by Gasteiger charge is -2.28. The van der Waals surface area contributed by atoms with Crippen LogP contribution in [-0.4, -0.2) is 49.2 Å². The van der Waals surface area contributed by atoms with Crippen LogP contribution in [0.3, 0.4) is 0 Å². The summed E-state index contributed by atoms with van der Waals surface area (Å²) in [5, 5.41) is 9.41. The smallest absolute Gasteiger partial charge is 0.326 e. The van der Waals surface area contributed by atoms with E-state index < -0.39 is 5.97 Å².